The van der Waals surface area contributed by atoms with Crippen molar-refractivity contribution in [3.8, 4) is 0 Å². The number of carboxylic acids is 1. The number of likely N-dealkylation sites (N-methyl/N-ethyl adjacent to an activating group) is 1. The number of anilines is 3. The molecule has 0 fully saturated rings. The van der Waals surface area contributed by atoms with E-state index in [-0.39, 0.29) is 5.91 Å². The Hall–Kier alpha value is -4.11. The molecule has 0 radical (unpaired) electrons. The van der Waals surface area contributed by atoms with Gasteiger partial charge in [0.2, 0.25) is 15.9 Å². The van der Waals surface area contributed by atoms with Crippen LogP contribution in [0.3, 0.4) is 0 Å². The van der Waals surface area contributed by atoms with E-state index in [1.807, 2.05) is 19.0 Å². The Bertz CT molecular complexity index is 1390. The molecule has 2 aromatic rings. The number of carbonyl (C=O) groups is 3. The van der Waals surface area contributed by atoms with Gasteiger partial charge in [0, 0.05) is 41.3 Å². The van der Waals surface area contributed by atoms with Crippen LogP contribution in [0.1, 0.15) is 22.8 Å². The molecule has 0 aliphatic carbocycles. The standard InChI is InChI=1S/C22H27N5O4S.C2HF3O2/c1-14(20-18-10-5-15(21(23)28)13-19(18)25-22(20)29)24-16-6-8-17(9-7-16)27(32(4,30)31)12-11-26(2)3;3-2(4,5)1(6)7/h5-10,13,24H,11-12H2,1-4H3,(H2,23,28)(H,25,29);(H,6,7). The first-order chi connectivity index (χ1) is 17.9. The van der Waals surface area contributed by atoms with E-state index in [2.05, 4.69) is 10.6 Å². The molecule has 11 nitrogen and oxygen atoms in total. The summed E-state index contributed by atoms with van der Waals surface area (Å²) in [6.07, 6.45) is -3.90. The molecule has 3 rings (SSSR count). The first kappa shape index (κ1) is 31.1. The summed E-state index contributed by atoms with van der Waals surface area (Å²) < 4.78 is 57.5. The normalized spacial score (nSPS) is 14.1. The Morgan fingerprint density at radius 3 is 2.10 bits per heavy atom. The van der Waals surface area contributed by atoms with Crippen LogP contribution >= 0.6 is 0 Å². The molecule has 0 bridgehead atoms. The number of primary amides is 1. The fourth-order valence-corrected chi connectivity index (χ4v) is 4.38. The van der Waals surface area contributed by atoms with Crippen molar-refractivity contribution in [2.24, 2.45) is 5.73 Å². The molecule has 15 heteroatoms. The van der Waals surface area contributed by atoms with E-state index in [1.165, 1.54) is 10.6 Å². The fourth-order valence-electron chi connectivity index (χ4n) is 3.47. The molecule has 0 saturated heterocycles. The second-order valence-electron chi connectivity index (χ2n) is 8.69. The fraction of sp³-hybridized carbons (Fsp3) is 0.292. The quantitative estimate of drug-likeness (QED) is 0.352. The maximum absolute atomic E-state index is 12.5. The van der Waals surface area contributed by atoms with Gasteiger partial charge in [0.1, 0.15) is 0 Å². The molecule has 39 heavy (non-hydrogen) atoms. The summed E-state index contributed by atoms with van der Waals surface area (Å²) in [6.45, 7) is 2.70. The second kappa shape index (κ2) is 12.2. The van der Waals surface area contributed by atoms with Crippen molar-refractivity contribution >= 4 is 50.4 Å². The molecule has 1 aliphatic rings. The van der Waals surface area contributed by atoms with E-state index in [1.54, 1.807) is 49.4 Å². The number of hydrogen-bond donors (Lipinski definition) is 4. The average Bonchev–Trinajstić information content (AvgIpc) is 3.13. The molecule has 0 atom stereocenters. The Balaban J connectivity index is 0.000000673. The lowest BCUT2D eigenvalue weighted by Gasteiger charge is -2.24. The third-order valence-corrected chi connectivity index (χ3v) is 6.50. The summed E-state index contributed by atoms with van der Waals surface area (Å²) in [4.78, 5) is 34.7. The van der Waals surface area contributed by atoms with Crippen molar-refractivity contribution in [1.82, 2.24) is 4.90 Å². The number of carboxylic acid groups (broad SMARTS) is 1. The number of sulfonamides is 1. The van der Waals surface area contributed by atoms with Gasteiger partial charge in [-0.05, 0) is 57.4 Å². The van der Waals surface area contributed by atoms with Crippen molar-refractivity contribution in [2.75, 3.05) is 48.4 Å². The number of rotatable bonds is 8. The van der Waals surface area contributed by atoms with Crippen LogP contribution in [0.2, 0.25) is 0 Å². The minimum atomic E-state index is -5.08. The number of benzene rings is 2. The molecule has 2 amide bonds. The SMILES string of the molecule is CC(Nc1ccc(N(CCN(C)C)S(C)(=O)=O)cc1)=C1C(=O)Nc2cc(C(N)=O)ccc21.O=C(O)C(F)(F)F. The Morgan fingerprint density at radius 1 is 1.08 bits per heavy atom. The zero-order valence-corrected chi connectivity index (χ0v) is 22.3. The van der Waals surface area contributed by atoms with Crippen LogP contribution in [0.4, 0.5) is 30.2 Å². The zero-order valence-electron chi connectivity index (χ0n) is 21.5. The summed E-state index contributed by atoms with van der Waals surface area (Å²) in [5.74, 6) is -3.61. The lowest BCUT2D eigenvalue weighted by Crippen LogP contribution is -2.35. The second-order valence-corrected chi connectivity index (χ2v) is 10.6. The van der Waals surface area contributed by atoms with Gasteiger partial charge in [0.05, 0.1) is 17.5 Å². The minimum absolute atomic E-state index is 0.282. The molecule has 0 spiro atoms. The molecule has 1 heterocycles. The van der Waals surface area contributed by atoms with Gasteiger partial charge in [-0.2, -0.15) is 13.2 Å². The zero-order chi connectivity index (χ0) is 29.7. The van der Waals surface area contributed by atoms with Gasteiger partial charge >= 0.3 is 12.1 Å². The number of allylic oxidation sites excluding steroid dienone is 1. The van der Waals surface area contributed by atoms with Gasteiger partial charge in [-0.3, -0.25) is 13.9 Å². The highest BCUT2D eigenvalue weighted by Crippen LogP contribution is 2.35. The van der Waals surface area contributed by atoms with Gasteiger partial charge < -0.3 is 26.4 Å². The molecular formula is C24H28F3N5O6S. The average molecular weight is 572 g/mol. The van der Waals surface area contributed by atoms with E-state index in [0.717, 1.165) is 0 Å². The smallest absolute Gasteiger partial charge is 0.475 e. The number of hydrogen-bond acceptors (Lipinski definition) is 7. The number of alkyl halides is 3. The molecule has 5 N–H and O–H groups in total. The van der Waals surface area contributed by atoms with E-state index in [4.69, 9.17) is 15.6 Å². The van der Waals surface area contributed by atoms with Crippen LogP contribution in [-0.4, -0.2) is 75.8 Å². The first-order valence-electron chi connectivity index (χ1n) is 11.2. The van der Waals surface area contributed by atoms with E-state index < -0.39 is 28.1 Å². The molecule has 0 saturated carbocycles. The summed E-state index contributed by atoms with van der Waals surface area (Å²) >= 11 is 0. The minimum Gasteiger partial charge on any atom is -0.475 e. The Morgan fingerprint density at radius 2 is 1.64 bits per heavy atom. The third-order valence-electron chi connectivity index (χ3n) is 5.30. The Kier molecular flexibility index (Phi) is 9.71. The maximum atomic E-state index is 12.5. The summed E-state index contributed by atoms with van der Waals surface area (Å²) in [5, 5.41) is 13.1. The van der Waals surface area contributed by atoms with Crippen molar-refractivity contribution in [2.45, 2.75) is 13.1 Å². The van der Waals surface area contributed by atoms with Gasteiger partial charge in [0.15, 0.2) is 0 Å². The maximum Gasteiger partial charge on any atom is 0.490 e. The van der Waals surface area contributed by atoms with Crippen molar-refractivity contribution < 1.29 is 41.1 Å². The van der Waals surface area contributed by atoms with Crippen LogP contribution < -0.4 is 20.7 Å². The largest absolute Gasteiger partial charge is 0.490 e. The molecule has 0 aromatic heterocycles. The first-order valence-corrected chi connectivity index (χ1v) is 13.0. The predicted molar refractivity (Wildman–Crippen MR) is 141 cm³/mol. The van der Waals surface area contributed by atoms with Crippen molar-refractivity contribution in [3.63, 3.8) is 0 Å². The van der Waals surface area contributed by atoms with Gasteiger partial charge in [-0.25, -0.2) is 13.2 Å². The number of amides is 2. The van der Waals surface area contributed by atoms with E-state index in [0.29, 0.717) is 52.5 Å². The number of nitrogens with one attached hydrogen (secondary N) is 2. The van der Waals surface area contributed by atoms with Crippen LogP contribution in [0, 0.1) is 0 Å². The van der Waals surface area contributed by atoms with Gasteiger partial charge in [-0.15, -0.1) is 0 Å². The molecule has 212 valence electrons. The van der Waals surface area contributed by atoms with Crippen LogP contribution in [-0.2, 0) is 19.6 Å². The number of carbonyl (C=O) groups excluding carboxylic acids is 2. The highest BCUT2D eigenvalue weighted by molar-refractivity contribution is 7.92. The van der Waals surface area contributed by atoms with Crippen LogP contribution in [0.25, 0.3) is 5.57 Å². The number of fused-ring (bicyclic) bond motifs is 1. The van der Waals surface area contributed by atoms with Gasteiger partial charge in [0.25, 0.3) is 5.91 Å². The summed E-state index contributed by atoms with van der Waals surface area (Å²) in [7, 11) is 0.347. The van der Waals surface area contributed by atoms with Crippen LogP contribution in [0.15, 0.2) is 48.2 Å². The lowest BCUT2D eigenvalue weighted by molar-refractivity contribution is -0.192. The number of halogens is 3. The summed E-state index contributed by atoms with van der Waals surface area (Å²) in [6, 6.07) is 11.8. The molecule has 0 unspecified atom stereocenters. The van der Waals surface area contributed by atoms with Crippen LogP contribution in [0.5, 0.6) is 0 Å². The monoisotopic (exact) mass is 571 g/mol. The predicted octanol–water partition coefficient (Wildman–Crippen LogP) is 2.54. The number of aliphatic carboxylic acids is 1. The van der Waals surface area contributed by atoms with Crippen molar-refractivity contribution in [3.05, 3.63) is 59.3 Å². The van der Waals surface area contributed by atoms with E-state index in [9.17, 15) is 31.2 Å². The summed E-state index contributed by atoms with van der Waals surface area (Å²) in [5.41, 5.74) is 9.18. The molecular weight excluding hydrogens is 543 g/mol. The van der Waals surface area contributed by atoms with Gasteiger partial charge in [-0.1, -0.05) is 6.07 Å². The number of nitrogens with two attached hydrogens (primary N) is 1. The lowest BCUT2D eigenvalue weighted by atomic mass is 10.0. The molecule has 2 aromatic carbocycles. The number of nitrogens with zero attached hydrogens (tertiary/aromatic N) is 2. The molecule has 1 aliphatic heterocycles. The highest BCUT2D eigenvalue weighted by Gasteiger charge is 2.38. The van der Waals surface area contributed by atoms with Crippen molar-refractivity contribution in [1.29, 1.82) is 0 Å². The van der Waals surface area contributed by atoms with E-state index >= 15 is 0 Å². The third kappa shape index (κ3) is 8.44. The highest BCUT2D eigenvalue weighted by atomic mass is 32.2. The topological polar surface area (TPSA) is 162 Å². The Labute approximate surface area is 223 Å².